The molecule has 0 amide bonds. The number of nitrogens with zero attached hydrogens (tertiary/aromatic N) is 1. The van der Waals surface area contributed by atoms with E-state index in [1.165, 1.54) is 0 Å². The van der Waals surface area contributed by atoms with Gasteiger partial charge in [-0.2, -0.15) is 0 Å². The minimum atomic E-state index is -0.820. The third-order valence-electron chi connectivity index (χ3n) is 2.08. The molecule has 0 spiro atoms. The van der Waals surface area contributed by atoms with Crippen molar-refractivity contribution < 1.29 is 19.4 Å². The highest BCUT2D eigenvalue weighted by atomic mass is 16.5. The minimum absolute atomic E-state index is 0.0307. The fraction of sp³-hybridized carbons (Fsp3) is 0.917. The number of ether oxygens (including phenoxy) is 2. The molecule has 0 rings (SSSR count). The first kappa shape index (κ1) is 16.4. The molecule has 5 nitrogen and oxygen atoms in total. The lowest BCUT2D eigenvalue weighted by atomic mass is 10.4. The Morgan fingerprint density at radius 1 is 1.06 bits per heavy atom. The molecule has 0 bridgehead atoms. The molecule has 0 aromatic heterocycles. The number of aliphatic carboxylic acids is 1. The maximum atomic E-state index is 10.7. The van der Waals surface area contributed by atoms with Crippen molar-refractivity contribution in [3.8, 4) is 0 Å². The third kappa shape index (κ3) is 11.6. The zero-order valence-corrected chi connectivity index (χ0v) is 11.3. The van der Waals surface area contributed by atoms with Crippen LogP contribution in [0.2, 0.25) is 0 Å². The average Bonchev–Trinajstić information content (AvgIpc) is 2.15. The molecule has 1 N–H and O–H groups in total. The molecular weight excluding hydrogens is 222 g/mol. The summed E-state index contributed by atoms with van der Waals surface area (Å²) in [5.41, 5.74) is 0. The molecule has 0 saturated carbocycles. The van der Waals surface area contributed by atoms with Crippen molar-refractivity contribution in [3.63, 3.8) is 0 Å². The first-order valence-electron chi connectivity index (χ1n) is 6.09. The summed E-state index contributed by atoms with van der Waals surface area (Å²) in [6.45, 7) is 10.2. The van der Waals surface area contributed by atoms with E-state index >= 15 is 0 Å². The van der Waals surface area contributed by atoms with Gasteiger partial charge >= 0.3 is 5.97 Å². The van der Waals surface area contributed by atoms with E-state index in [-0.39, 0.29) is 18.8 Å². The molecule has 0 fully saturated rings. The van der Waals surface area contributed by atoms with Crippen molar-refractivity contribution in [1.82, 2.24) is 4.90 Å². The van der Waals surface area contributed by atoms with E-state index in [1.807, 2.05) is 32.6 Å². The minimum Gasteiger partial charge on any atom is -0.480 e. The van der Waals surface area contributed by atoms with Crippen LogP contribution in [0.1, 0.15) is 27.7 Å². The van der Waals surface area contributed by atoms with Crippen LogP contribution in [-0.4, -0.2) is 61.0 Å². The van der Waals surface area contributed by atoms with Gasteiger partial charge in [0.15, 0.2) is 0 Å². The standard InChI is InChI=1S/C12H25NO4/c1-10(2)16-7-5-13(9-12(14)15)6-8-17-11(3)4/h10-11H,5-9H2,1-4H3,(H,14,15). The highest BCUT2D eigenvalue weighted by Gasteiger charge is 2.10. The number of rotatable bonds is 10. The molecule has 0 aliphatic carbocycles. The van der Waals surface area contributed by atoms with Crippen LogP contribution in [-0.2, 0) is 14.3 Å². The van der Waals surface area contributed by atoms with Gasteiger partial charge in [0.25, 0.3) is 0 Å². The fourth-order valence-corrected chi connectivity index (χ4v) is 1.30. The van der Waals surface area contributed by atoms with Crippen LogP contribution in [0.5, 0.6) is 0 Å². The fourth-order valence-electron chi connectivity index (χ4n) is 1.30. The third-order valence-corrected chi connectivity index (χ3v) is 2.08. The second-order valence-electron chi connectivity index (χ2n) is 4.51. The van der Waals surface area contributed by atoms with Gasteiger partial charge in [0.1, 0.15) is 0 Å². The topological polar surface area (TPSA) is 59.0 Å². The Kier molecular flexibility index (Phi) is 9.03. The molecule has 0 aromatic carbocycles. The lowest BCUT2D eigenvalue weighted by molar-refractivity contribution is -0.138. The number of hydrogen-bond acceptors (Lipinski definition) is 4. The lowest BCUT2D eigenvalue weighted by Gasteiger charge is -2.21. The van der Waals surface area contributed by atoms with E-state index in [0.717, 1.165) is 0 Å². The monoisotopic (exact) mass is 247 g/mol. The SMILES string of the molecule is CC(C)OCCN(CCOC(C)C)CC(=O)O. The Balaban J connectivity index is 3.83. The molecule has 0 saturated heterocycles. The molecule has 0 radical (unpaired) electrons. The summed E-state index contributed by atoms with van der Waals surface area (Å²) in [5.74, 6) is -0.820. The number of carboxylic acids is 1. The van der Waals surface area contributed by atoms with Crippen molar-refractivity contribution in [2.24, 2.45) is 0 Å². The van der Waals surface area contributed by atoms with Crippen LogP contribution in [0.25, 0.3) is 0 Å². The van der Waals surface area contributed by atoms with Gasteiger partial charge in [-0.1, -0.05) is 0 Å². The summed E-state index contributed by atoms with van der Waals surface area (Å²) in [5, 5.41) is 8.78. The molecule has 0 unspecified atom stereocenters. The van der Waals surface area contributed by atoms with Gasteiger partial charge in [0, 0.05) is 13.1 Å². The van der Waals surface area contributed by atoms with Gasteiger partial charge in [-0.05, 0) is 27.7 Å². The summed E-state index contributed by atoms with van der Waals surface area (Å²) in [6, 6.07) is 0. The Hall–Kier alpha value is -0.650. The molecule has 5 heteroatoms. The second kappa shape index (κ2) is 9.39. The molecule has 102 valence electrons. The molecule has 0 heterocycles. The Morgan fingerprint density at radius 3 is 1.76 bits per heavy atom. The van der Waals surface area contributed by atoms with Crippen LogP contribution in [0.3, 0.4) is 0 Å². The van der Waals surface area contributed by atoms with Gasteiger partial charge in [-0.3, -0.25) is 9.69 Å². The van der Waals surface area contributed by atoms with Crippen LogP contribution in [0.15, 0.2) is 0 Å². The summed E-state index contributed by atoms with van der Waals surface area (Å²) in [6.07, 6.45) is 0.349. The zero-order chi connectivity index (χ0) is 13.3. The normalized spacial score (nSPS) is 11.7. The van der Waals surface area contributed by atoms with Gasteiger partial charge < -0.3 is 14.6 Å². The molecule has 0 aliphatic heterocycles. The van der Waals surface area contributed by atoms with E-state index in [9.17, 15) is 4.79 Å². The van der Waals surface area contributed by atoms with Gasteiger partial charge in [-0.25, -0.2) is 0 Å². The average molecular weight is 247 g/mol. The first-order chi connectivity index (χ1) is 7.91. The number of carboxylic acid groups (broad SMARTS) is 1. The number of hydrogen-bond donors (Lipinski definition) is 1. The van der Waals surface area contributed by atoms with E-state index in [4.69, 9.17) is 14.6 Å². The predicted molar refractivity (Wildman–Crippen MR) is 66.3 cm³/mol. The van der Waals surface area contributed by atoms with Crippen molar-refractivity contribution in [1.29, 1.82) is 0 Å². The van der Waals surface area contributed by atoms with Crippen molar-refractivity contribution in [2.45, 2.75) is 39.9 Å². The van der Waals surface area contributed by atoms with E-state index in [2.05, 4.69) is 0 Å². The van der Waals surface area contributed by atoms with Crippen LogP contribution in [0, 0.1) is 0 Å². The van der Waals surface area contributed by atoms with Crippen molar-refractivity contribution >= 4 is 5.97 Å². The van der Waals surface area contributed by atoms with Gasteiger partial charge in [-0.15, -0.1) is 0 Å². The number of carbonyl (C=O) groups is 1. The lowest BCUT2D eigenvalue weighted by Crippen LogP contribution is -2.36. The van der Waals surface area contributed by atoms with Crippen LogP contribution in [0.4, 0.5) is 0 Å². The van der Waals surface area contributed by atoms with Crippen molar-refractivity contribution in [2.75, 3.05) is 32.8 Å². The van der Waals surface area contributed by atoms with E-state index in [1.54, 1.807) is 0 Å². The molecular formula is C12H25NO4. The maximum absolute atomic E-state index is 10.7. The molecule has 0 atom stereocenters. The van der Waals surface area contributed by atoms with E-state index in [0.29, 0.717) is 26.3 Å². The smallest absolute Gasteiger partial charge is 0.317 e. The molecule has 0 aliphatic rings. The largest absolute Gasteiger partial charge is 0.480 e. The predicted octanol–water partition coefficient (Wildman–Crippen LogP) is 1.22. The Bertz CT molecular complexity index is 193. The molecule has 0 aromatic rings. The van der Waals surface area contributed by atoms with Gasteiger partial charge in [0.2, 0.25) is 0 Å². The van der Waals surface area contributed by atoms with E-state index < -0.39 is 5.97 Å². The highest BCUT2D eigenvalue weighted by molar-refractivity contribution is 5.69. The van der Waals surface area contributed by atoms with Crippen molar-refractivity contribution in [3.05, 3.63) is 0 Å². The van der Waals surface area contributed by atoms with Crippen LogP contribution < -0.4 is 0 Å². The molecule has 17 heavy (non-hydrogen) atoms. The summed E-state index contributed by atoms with van der Waals surface area (Å²) >= 11 is 0. The summed E-state index contributed by atoms with van der Waals surface area (Å²) in [7, 11) is 0. The maximum Gasteiger partial charge on any atom is 0.317 e. The summed E-state index contributed by atoms with van der Waals surface area (Å²) in [4.78, 5) is 12.5. The van der Waals surface area contributed by atoms with Crippen LogP contribution >= 0.6 is 0 Å². The second-order valence-corrected chi connectivity index (χ2v) is 4.51. The van der Waals surface area contributed by atoms with Gasteiger partial charge in [0.05, 0.1) is 32.0 Å². The first-order valence-corrected chi connectivity index (χ1v) is 6.09. The Labute approximate surface area is 104 Å². The zero-order valence-electron chi connectivity index (χ0n) is 11.3. The Morgan fingerprint density at radius 2 is 1.47 bits per heavy atom. The quantitative estimate of drug-likeness (QED) is 0.629. The summed E-state index contributed by atoms with van der Waals surface area (Å²) < 4.78 is 10.8. The highest BCUT2D eigenvalue weighted by Crippen LogP contribution is 1.94.